The molecule has 0 saturated carbocycles. The molecule has 0 radical (unpaired) electrons. The molecular weight excluding hydrogens is 392 g/mol. The molecule has 0 unspecified atom stereocenters. The Labute approximate surface area is 185 Å². The molecule has 0 aliphatic carbocycles. The molecule has 3 aliphatic heterocycles. The monoisotopic (exact) mass is 426 g/mol. The second-order valence-corrected chi connectivity index (χ2v) is 9.24. The zero-order chi connectivity index (χ0) is 22.0. The second kappa shape index (κ2) is 9.10. The highest BCUT2D eigenvalue weighted by Crippen LogP contribution is 2.46. The molecule has 0 atom stereocenters. The third kappa shape index (κ3) is 4.68. The maximum Gasteiger partial charge on any atom is 0.236 e. The lowest BCUT2D eigenvalue weighted by Gasteiger charge is -2.36. The molecule has 7 nitrogen and oxygen atoms in total. The van der Waals surface area contributed by atoms with E-state index in [9.17, 15) is 9.59 Å². The minimum absolute atomic E-state index is 0.121. The molecule has 2 saturated heterocycles. The van der Waals surface area contributed by atoms with Gasteiger partial charge in [-0.2, -0.15) is 0 Å². The molecule has 0 N–H and O–H groups in total. The number of carbonyl (C=O) groups is 2. The average Bonchev–Trinajstić information content (AvgIpc) is 2.96. The molecule has 2 fully saturated rings. The summed E-state index contributed by atoms with van der Waals surface area (Å²) >= 11 is 0. The Hall–Kier alpha value is -2.22. The van der Waals surface area contributed by atoms with E-state index in [0.29, 0.717) is 39.4 Å². The van der Waals surface area contributed by atoms with E-state index in [1.165, 1.54) is 11.3 Å². The summed E-state index contributed by atoms with van der Waals surface area (Å²) in [5.74, 6) is 0.304. The SMILES string of the molecule is CN1/C(=C\C(=O)CN2CCN(C(=O)CN3CCOCC3)CC2)C(C)(C)c2ccccc21. The summed E-state index contributed by atoms with van der Waals surface area (Å²) in [4.78, 5) is 33.9. The summed E-state index contributed by atoms with van der Waals surface area (Å²) in [7, 11) is 2.03. The Kier molecular flexibility index (Phi) is 6.46. The Balaban J connectivity index is 1.30. The van der Waals surface area contributed by atoms with Gasteiger partial charge >= 0.3 is 0 Å². The van der Waals surface area contributed by atoms with Crippen molar-refractivity contribution in [2.45, 2.75) is 19.3 Å². The maximum atomic E-state index is 12.9. The van der Waals surface area contributed by atoms with Gasteiger partial charge in [-0.1, -0.05) is 32.0 Å². The van der Waals surface area contributed by atoms with Gasteiger partial charge in [0.25, 0.3) is 0 Å². The van der Waals surface area contributed by atoms with Crippen LogP contribution in [0.15, 0.2) is 36.0 Å². The van der Waals surface area contributed by atoms with E-state index >= 15 is 0 Å². The van der Waals surface area contributed by atoms with E-state index in [1.54, 1.807) is 0 Å². The Morgan fingerprint density at radius 2 is 1.61 bits per heavy atom. The van der Waals surface area contributed by atoms with E-state index in [4.69, 9.17) is 4.74 Å². The third-order valence-corrected chi connectivity index (χ3v) is 6.81. The summed E-state index contributed by atoms with van der Waals surface area (Å²) in [6, 6.07) is 8.34. The van der Waals surface area contributed by atoms with Crippen molar-refractivity contribution in [3.8, 4) is 0 Å². The van der Waals surface area contributed by atoms with Gasteiger partial charge in [0.2, 0.25) is 5.91 Å². The normalized spacial score (nSPS) is 23.3. The predicted octanol–water partition coefficient (Wildman–Crippen LogP) is 1.34. The summed E-state index contributed by atoms with van der Waals surface area (Å²) in [6.07, 6.45) is 1.82. The molecule has 4 rings (SSSR count). The number of likely N-dealkylation sites (N-methyl/N-ethyl adjacent to an activating group) is 1. The molecular formula is C24H34N4O3. The first-order valence-electron chi connectivity index (χ1n) is 11.2. The van der Waals surface area contributed by atoms with Crippen LogP contribution in [0.25, 0.3) is 0 Å². The van der Waals surface area contributed by atoms with Gasteiger partial charge in [0, 0.05) is 69.2 Å². The van der Waals surface area contributed by atoms with Gasteiger partial charge in [-0.15, -0.1) is 0 Å². The summed E-state index contributed by atoms with van der Waals surface area (Å²) in [5, 5.41) is 0. The largest absolute Gasteiger partial charge is 0.379 e. The van der Waals surface area contributed by atoms with E-state index in [0.717, 1.165) is 31.9 Å². The number of ether oxygens (including phenoxy) is 1. The molecule has 3 aliphatic rings. The molecule has 7 heteroatoms. The van der Waals surface area contributed by atoms with Crippen molar-refractivity contribution in [2.24, 2.45) is 0 Å². The first-order valence-corrected chi connectivity index (χ1v) is 11.2. The van der Waals surface area contributed by atoms with Crippen molar-refractivity contribution in [3.05, 3.63) is 41.6 Å². The Morgan fingerprint density at radius 3 is 2.29 bits per heavy atom. The van der Waals surface area contributed by atoms with Crippen LogP contribution in [0.2, 0.25) is 0 Å². The highest BCUT2D eigenvalue weighted by atomic mass is 16.5. The number of carbonyl (C=O) groups excluding carboxylic acids is 2. The van der Waals surface area contributed by atoms with Gasteiger partial charge < -0.3 is 14.5 Å². The number of ketones is 1. The molecule has 3 heterocycles. The molecule has 168 valence electrons. The van der Waals surface area contributed by atoms with Crippen molar-refractivity contribution in [2.75, 3.05) is 77.5 Å². The number of piperazine rings is 1. The van der Waals surface area contributed by atoms with Gasteiger partial charge in [-0.25, -0.2) is 0 Å². The first kappa shape index (κ1) is 22.0. The van der Waals surface area contributed by atoms with Gasteiger partial charge in [-0.3, -0.25) is 19.4 Å². The maximum absolute atomic E-state index is 12.9. The number of rotatable bonds is 5. The number of nitrogens with zero attached hydrogens (tertiary/aromatic N) is 4. The molecule has 0 aromatic heterocycles. The zero-order valence-corrected chi connectivity index (χ0v) is 19.0. The van der Waals surface area contributed by atoms with Gasteiger partial charge in [0.1, 0.15) is 0 Å². The van der Waals surface area contributed by atoms with E-state index in [-0.39, 0.29) is 17.1 Å². The molecule has 1 aromatic rings. The van der Waals surface area contributed by atoms with Crippen molar-refractivity contribution in [3.63, 3.8) is 0 Å². The summed E-state index contributed by atoms with van der Waals surface area (Å²) < 4.78 is 5.35. The molecule has 0 spiro atoms. The van der Waals surface area contributed by atoms with Crippen LogP contribution in [0.1, 0.15) is 19.4 Å². The number of amides is 1. The Bertz CT molecular complexity index is 852. The Morgan fingerprint density at radius 1 is 0.968 bits per heavy atom. The quantitative estimate of drug-likeness (QED) is 0.663. The van der Waals surface area contributed by atoms with Crippen LogP contribution in [0.4, 0.5) is 5.69 Å². The van der Waals surface area contributed by atoms with Crippen LogP contribution in [-0.2, 0) is 19.7 Å². The zero-order valence-electron chi connectivity index (χ0n) is 19.0. The van der Waals surface area contributed by atoms with Crippen LogP contribution in [0.3, 0.4) is 0 Å². The fraction of sp³-hybridized carbons (Fsp3) is 0.583. The first-order chi connectivity index (χ1) is 14.9. The predicted molar refractivity (Wildman–Crippen MR) is 121 cm³/mol. The smallest absolute Gasteiger partial charge is 0.236 e. The third-order valence-electron chi connectivity index (χ3n) is 6.81. The van der Waals surface area contributed by atoms with Crippen LogP contribution < -0.4 is 4.90 Å². The van der Waals surface area contributed by atoms with Crippen molar-refractivity contribution < 1.29 is 14.3 Å². The van der Waals surface area contributed by atoms with Gasteiger partial charge in [0.05, 0.1) is 26.3 Å². The van der Waals surface area contributed by atoms with E-state index < -0.39 is 0 Å². The average molecular weight is 427 g/mol. The lowest BCUT2D eigenvalue weighted by atomic mass is 9.83. The lowest BCUT2D eigenvalue weighted by molar-refractivity contribution is -0.135. The highest BCUT2D eigenvalue weighted by molar-refractivity contribution is 5.94. The number of allylic oxidation sites excluding steroid dienone is 1. The minimum atomic E-state index is -0.189. The standard InChI is InChI=1S/C24H34N4O3/c1-24(2)20-6-4-5-7-21(20)25(3)22(24)16-19(29)17-26-8-10-28(11-9-26)23(30)18-27-12-14-31-15-13-27/h4-7,16H,8-15,17-18H2,1-3H3/b22-16-. The molecule has 1 aromatic carbocycles. The fourth-order valence-corrected chi connectivity index (χ4v) is 4.88. The van der Waals surface area contributed by atoms with Crippen LogP contribution in [0.5, 0.6) is 0 Å². The van der Waals surface area contributed by atoms with Gasteiger partial charge in [-0.05, 0) is 11.6 Å². The van der Waals surface area contributed by atoms with Crippen LogP contribution >= 0.6 is 0 Å². The van der Waals surface area contributed by atoms with Gasteiger partial charge in [0.15, 0.2) is 5.78 Å². The number of hydrogen-bond donors (Lipinski definition) is 0. The van der Waals surface area contributed by atoms with Crippen molar-refractivity contribution >= 4 is 17.4 Å². The number of para-hydroxylation sites is 1. The van der Waals surface area contributed by atoms with Crippen molar-refractivity contribution in [1.82, 2.24) is 14.7 Å². The number of morpholine rings is 1. The number of fused-ring (bicyclic) bond motifs is 1. The highest BCUT2D eigenvalue weighted by Gasteiger charge is 2.38. The molecule has 0 bridgehead atoms. The van der Waals surface area contributed by atoms with E-state index in [1.807, 2.05) is 24.1 Å². The number of benzene rings is 1. The van der Waals surface area contributed by atoms with E-state index in [2.05, 4.69) is 46.7 Å². The lowest BCUT2D eigenvalue weighted by Crippen LogP contribution is -2.52. The topological polar surface area (TPSA) is 56.3 Å². The van der Waals surface area contributed by atoms with Crippen molar-refractivity contribution in [1.29, 1.82) is 0 Å². The number of hydrogen-bond acceptors (Lipinski definition) is 6. The number of anilines is 1. The second-order valence-electron chi connectivity index (χ2n) is 9.24. The molecule has 1 amide bonds. The molecule has 31 heavy (non-hydrogen) atoms. The fourth-order valence-electron chi connectivity index (χ4n) is 4.88. The van der Waals surface area contributed by atoms with Crippen LogP contribution in [0, 0.1) is 0 Å². The summed E-state index contributed by atoms with van der Waals surface area (Å²) in [6.45, 7) is 11.1. The summed E-state index contributed by atoms with van der Waals surface area (Å²) in [5.41, 5.74) is 3.27. The van der Waals surface area contributed by atoms with Crippen LogP contribution in [-0.4, -0.2) is 99.0 Å². The minimum Gasteiger partial charge on any atom is -0.379 e.